The van der Waals surface area contributed by atoms with Crippen molar-refractivity contribution < 1.29 is 14.3 Å². The number of halogens is 1. The lowest BCUT2D eigenvalue weighted by Gasteiger charge is -2.27. The van der Waals surface area contributed by atoms with E-state index in [1.807, 2.05) is 42.6 Å². The van der Waals surface area contributed by atoms with Gasteiger partial charge >= 0.3 is 0 Å². The van der Waals surface area contributed by atoms with Gasteiger partial charge in [0.2, 0.25) is 5.91 Å². The summed E-state index contributed by atoms with van der Waals surface area (Å²) in [5.74, 6) is 1.27. The summed E-state index contributed by atoms with van der Waals surface area (Å²) >= 11 is 6.05. The highest BCUT2D eigenvalue weighted by atomic mass is 35.5. The second-order valence-electron chi connectivity index (χ2n) is 6.92. The van der Waals surface area contributed by atoms with Crippen LogP contribution in [0.4, 0.5) is 11.5 Å². The van der Waals surface area contributed by atoms with Crippen molar-refractivity contribution >= 4 is 29.0 Å². The number of nitrogens with one attached hydrogen (secondary N) is 1. The fraction of sp³-hybridized carbons (Fsp3) is 0.273. The number of anilines is 2. The molecule has 0 aliphatic carbocycles. The number of nitrogens with zero attached hydrogens (tertiary/aromatic N) is 3. The molecule has 0 atom stereocenters. The van der Waals surface area contributed by atoms with Gasteiger partial charge in [-0.3, -0.25) is 9.48 Å². The summed E-state index contributed by atoms with van der Waals surface area (Å²) in [7, 11) is 1.57. The fourth-order valence-corrected chi connectivity index (χ4v) is 3.54. The second kappa shape index (κ2) is 9.19. The van der Waals surface area contributed by atoms with E-state index in [1.54, 1.807) is 23.9 Å². The van der Waals surface area contributed by atoms with Gasteiger partial charge in [0.15, 0.2) is 5.82 Å². The first-order chi connectivity index (χ1) is 14.6. The van der Waals surface area contributed by atoms with Crippen molar-refractivity contribution in [1.29, 1.82) is 0 Å². The van der Waals surface area contributed by atoms with Crippen LogP contribution in [0.15, 0.2) is 54.7 Å². The normalized spacial score (nSPS) is 13.9. The van der Waals surface area contributed by atoms with E-state index in [0.29, 0.717) is 29.7 Å². The zero-order valence-electron chi connectivity index (χ0n) is 16.7. The van der Waals surface area contributed by atoms with Crippen LogP contribution in [-0.2, 0) is 16.1 Å². The second-order valence-corrected chi connectivity index (χ2v) is 7.36. The molecule has 8 heteroatoms. The summed E-state index contributed by atoms with van der Waals surface area (Å²) in [6.07, 6.45) is 1.90. The average molecular weight is 427 g/mol. The quantitative estimate of drug-likeness (QED) is 0.651. The van der Waals surface area contributed by atoms with Crippen LogP contribution in [-0.4, -0.2) is 49.1 Å². The van der Waals surface area contributed by atoms with Crippen LogP contribution >= 0.6 is 11.6 Å². The Labute approximate surface area is 180 Å². The Balaban J connectivity index is 1.58. The molecule has 0 unspecified atom stereocenters. The highest BCUT2D eigenvalue weighted by molar-refractivity contribution is 6.30. The van der Waals surface area contributed by atoms with Gasteiger partial charge in [0.25, 0.3) is 0 Å². The number of para-hydroxylation sites is 2. The zero-order valence-corrected chi connectivity index (χ0v) is 17.4. The lowest BCUT2D eigenvalue weighted by molar-refractivity contribution is -0.116. The third-order valence-corrected chi connectivity index (χ3v) is 5.15. The minimum Gasteiger partial charge on any atom is -0.495 e. The van der Waals surface area contributed by atoms with Gasteiger partial charge in [-0.15, -0.1) is 0 Å². The van der Waals surface area contributed by atoms with E-state index in [1.165, 1.54) is 0 Å². The SMILES string of the molecule is COc1ccccc1NC(=O)Cn1cc(-c2ccc(Cl)cc2)c(N2CCOCC2)n1. The molecule has 2 heterocycles. The number of benzene rings is 2. The predicted molar refractivity (Wildman–Crippen MR) is 117 cm³/mol. The monoisotopic (exact) mass is 426 g/mol. The molecule has 1 aromatic heterocycles. The molecule has 0 radical (unpaired) electrons. The molecule has 1 fully saturated rings. The Kier molecular flexibility index (Phi) is 6.21. The van der Waals surface area contributed by atoms with Gasteiger partial charge in [-0.2, -0.15) is 5.10 Å². The lowest BCUT2D eigenvalue weighted by atomic mass is 10.1. The Hall–Kier alpha value is -3.03. The van der Waals surface area contributed by atoms with Gasteiger partial charge in [-0.05, 0) is 29.8 Å². The van der Waals surface area contributed by atoms with Crippen LogP contribution in [0, 0.1) is 0 Å². The van der Waals surface area contributed by atoms with E-state index in [9.17, 15) is 4.79 Å². The Morgan fingerprint density at radius 1 is 1.17 bits per heavy atom. The first kappa shape index (κ1) is 20.3. The molecule has 7 nitrogen and oxygen atoms in total. The van der Waals surface area contributed by atoms with Crippen LogP contribution < -0.4 is 15.0 Å². The average Bonchev–Trinajstić information content (AvgIpc) is 3.19. The minimum atomic E-state index is -0.182. The van der Waals surface area contributed by atoms with E-state index in [-0.39, 0.29) is 12.5 Å². The number of methoxy groups -OCH3 is 1. The highest BCUT2D eigenvalue weighted by Crippen LogP contribution is 2.31. The summed E-state index contributed by atoms with van der Waals surface area (Å²) in [4.78, 5) is 14.8. The van der Waals surface area contributed by atoms with E-state index in [4.69, 9.17) is 26.2 Å². The number of morpholine rings is 1. The van der Waals surface area contributed by atoms with Gasteiger partial charge in [0.05, 0.1) is 26.0 Å². The van der Waals surface area contributed by atoms with Gasteiger partial charge in [-0.1, -0.05) is 35.9 Å². The fourth-order valence-electron chi connectivity index (χ4n) is 3.42. The Morgan fingerprint density at radius 3 is 2.63 bits per heavy atom. The highest BCUT2D eigenvalue weighted by Gasteiger charge is 2.21. The summed E-state index contributed by atoms with van der Waals surface area (Å²) in [6.45, 7) is 2.90. The van der Waals surface area contributed by atoms with Crippen molar-refractivity contribution in [2.24, 2.45) is 0 Å². The molecule has 1 saturated heterocycles. The molecule has 2 aromatic carbocycles. The maximum absolute atomic E-state index is 12.6. The molecule has 30 heavy (non-hydrogen) atoms. The summed E-state index contributed by atoms with van der Waals surface area (Å²) < 4.78 is 12.4. The molecular formula is C22H23ClN4O3. The Bertz CT molecular complexity index is 1010. The summed E-state index contributed by atoms with van der Waals surface area (Å²) in [5, 5.41) is 8.28. The topological polar surface area (TPSA) is 68.6 Å². The number of carbonyl (C=O) groups excluding carboxylic acids is 1. The molecule has 0 bridgehead atoms. The van der Waals surface area contributed by atoms with Crippen LogP contribution in [0.1, 0.15) is 0 Å². The molecule has 0 saturated carbocycles. The van der Waals surface area contributed by atoms with Gasteiger partial charge < -0.3 is 19.7 Å². The molecule has 0 spiro atoms. The minimum absolute atomic E-state index is 0.0863. The van der Waals surface area contributed by atoms with Crippen molar-refractivity contribution in [2.45, 2.75) is 6.54 Å². The van der Waals surface area contributed by atoms with Gasteiger partial charge in [-0.25, -0.2) is 0 Å². The van der Waals surface area contributed by atoms with E-state index in [2.05, 4.69) is 10.2 Å². The lowest BCUT2D eigenvalue weighted by Crippen LogP contribution is -2.36. The standard InChI is InChI=1S/C22H23ClN4O3/c1-29-20-5-3-2-4-19(20)24-21(28)15-27-14-18(16-6-8-17(23)9-7-16)22(25-27)26-10-12-30-13-11-26/h2-9,14H,10-13,15H2,1H3,(H,24,28). The first-order valence-corrected chi connectivity index (χ1v) is 10.1. The molecular weight excluding hydrogens is 404 g/mol. The van der Waals surface area contributed by atoms with E-state index in [0.717, 1.165) is 30.0 Å². The molecule has 156 valence electrons. The number of amides is 1. The van der Waals surface area contributed by atoms with Crippen molar-refractivity contribution in [3.8, 4) is 16.9 Å². The molecule has 1 aliphatic heterocycles. The number of rotatable bonds is 6. The van der Waals surface area contributed by atoms with Gasteiger partial charge in [0.1, 0.15) is 12.3 Å². The molecule has 1 amide bonds. The maximum Gasteiger partial charge on any atom is 0.246 e. The number of aromatic nitrogens is 2. The number of ether oxygens (including phenoxy) is 2. The van der Waals surface area contributed by atoms with E-state index >= 15 is 0 Å². The largest absolute Gasteiger partial charge is 0.495 e. The van der Waals surface area contributed by atoms with Crippen LogP contribution in [0.25, 0.3) is 11.1 Å². The maximum atomic E-state index is 12.6. The Morgan fingerprint density at radius 2 is 1.90 bits per heavy atom. The molecule has 4 rings (SSSR count). The van der Waals surface area contributed by atoms with Crippen molar-refractivity contribution in [3.05, 3.63) is 59.8 Å². The number of carbonyl (C=O) groups is 1. The number of hydrogen-bond acceptors (Lipinski definition) is 5. The van der Waals surface area contributed by atoms with Crippen molar-refractivity contribution in [3.63, 3.8) is 0 Å². The van der Waals surface area contributed by atoms with Crippen molar-refractivity contribution in [2.75, 3.05) is 43.6 Å². The smallest absolute Gasteiger partial charge is 0.246 e. The predicted octanol–water partition coefficient (Wildman–Crippen LogP) is 3.69. The van der Waals surface area contributed by atoms with Crippen LogP contribution in [0.5, 0.6) is 5.75 Å². The van der Waals surface area contributed by atoms with Crippen LogP contribution in [0.3, 0.4) is 0 Å². The number of hydrogen-bond donors (Lipinski definition) is 1. The molecule has 1 aliphatic rings. The molecule has 3 aromatic rings. The summed E-state index contributed by atoms with van der Waals surface area (Å²) in [5.41, 5.74) is 2.58. The third-order valence-electron chi connectivity index (χ3n) is 4.89. The van der Waals surface area contributed by atoms with E-state index < -0.39 is 0 Å². The summed E-state index contributed by atoms with van der Waals surface area (Å²) in [6, 6.07) is 14.9. The molecule has 1 N–H and O–H groups in total. The van der Waals surface area contributed by atoms with Crippen molar-refractivity contribution in [1.82, 2.24) is 9.78 Å². The zero-order chi connectivity index (χ0) is 20.9. The third kappa shape index (κ3) is 4.58. The first-order valence-electron chi connectivity index (χ1n) is 9.73. The van der Waals surface area contributed by atoms with Gasteiger partial charge in [0, 0.05) is 29.9 Å². The van der Waals surface area contributed by atoms with Crippen LogP contribution in [0.2, 0.25) is 5.02 Å².